The van der Waals surface area contributed by atoms with Crippen molar-refractivity contribution in [1.29, 1.82) is 0 Å². The van der Waals surface area contributed by atoms with Crippen molar-refractivity contribution in [3.8, 4) is 17.2 Å². The van der Waals surface area contributed by atoms with Crippen molar-refractivity contribution in [1.82, 2.24) is 9.55 Å². The molecule has 2 N–H and O–H groups in total. The summed E-state index contributed by atoms with van der Waals surface area (Å²) in [7, 11) is 2.89. The molecule has 25 heavy (non-hydrogen) atoms. The summed E-state index contributed by atoms with van der Waals surface area (Å²) in [6, 6.07) is 8.42. The number of aromatic carboxylic acids is 1. The Morgan fingerprint density at radius 2 is 1.64 bits per heavy atom. The lowest BCUT2D eigenvalue weighted by Crippen LogP contribution is -2.33. The number of hydrogen-bond acceptors (Lipinski definition) is 5. The average molecular weight is 342 g/mol. The van der Waals surface area contributed by atoms with Crippen LogP contribution in [0.4, 0.5) is 0 Å². The normalized spacial score (nSPS) is 10.6. The van der Waals surface area contributed by atoms with E-state index in [2.05, 4.69) is 4.98 Å². The number of carboxylic acids is 1. The second-order valence-corrected chi connectivity index (χ2v) is 5.18. The number of aromatic amines is 1. The number of fused-ring (bicyclic) bond motifs is 1. The SMILES string of the molecule is COc1cc2[nH]c(=O)n(-c3ccc(C(=O)O)cc3)c(=O)c2cc1OC. The minimum atomic E-state index is -1.09. The molecule has 128 valence electrons. The Hall–Kier alpha value is -3.55. The molecule has 0 saturated heterocycles. The van der Waals surface area contributed by atoms with Crippen LogP contribution in [-0.2, 0) is 0 Å². The molecule has 0 bridgehead atoms. The number of nitrogens with zero attached hydrogens (tertiary/aromatic N) is 1. The Balaban J connectivity index is 2.27. The lowest BCUT2D eigenvalue weighted by molar-refractivity contribution is 0.0697. The van der Waals surface area contributed by atoms with E-state index in [9.17, 15) is 14.4 Å². The summed E-state index contributed by atoms with van der Waals surface area (Å²) in [4.78, 5) is 38.7. The van der Waals surface area contributed by atoms with Crippen LogP contribution >= 0.6 is 0 Å². The Kier molecular flexibility index (Phi) is 4.02. The second kappa shape index (κ2) is 6.16. The maximum absolute atomic E-state index is 12.8. The Morgan fingerprint density at radius 1 is 1.04 bits per heavy atom. The van der Waals surface area contributed by atoms with E-state index >= 15 is 0 Å². The number of rotatable bonds is 4. The van der Waals surface area contributed by atoms with Gasteiger partial charge < -0.3 is 19.6 Å². The highest BCUT2D eigenvalue weighted by Gasteiger charge is 2.14. The highest BCUT2D eigenvalue weighted by atomic mass is 16.5. The highest BCUT2D eigenvalue weighted by Crippen LogP contribution is 2.29. The predicted octanol–water partition coefficient (Wildman–Crippen LogP) is 1.39. The van der Waals surface area contributed by atoms with Crippen LogP contribution in [-0.4, -0.2) is 34.8 Å². The molecular formula is C17H14N2O6. The number of methoxy groups -OCH3 is 2. The molecule has 0 amide bonds. The summed E-state index contributed by atoms with van der Waals surface area (Å²) in [6.07, 6.45) is 0. The van der Waals surface area contributed by atoms with Gasteiger partial charge in [-0.15, -0.1) is 0 Å². The first-order valence-corrected chi connectivity index (χ1v) is 7.21. The van der Waals surface area contributed by atoms with E-state index in [4.69, 9.17) is 14.6 Å². The van der Waals surface area contributed by atoms with Gasteiger partial charge in [0.15, 0.2) is 11.5 Å². The molecule has 8 heteroatoms. The van der Waals surface area contributed by atoms with E-state index in [1.807, 2.05) is 0 Å². The van der Waals surface area contributed by atoms with Gasteiger partial charge >= 0.3 is 11.7 Å². The molecule has 0 unspecified atom stereocenters. The third-order valence-electron chi connectivity index (χ3n) is 3.77. The van der Waals surface area contributed by atoms with Crippen LogP contribution in [0.15, 0.2) is 46.0 Å². The summed E-state index contributed by atoms with van der Waals surface area (Å²) >= 11 is 0. The monoisotopic (exact) mass is 342 g/mol. The Bertz CT molecular complexity index is 1080. The molecular weight excluding hydrogens is 328 g/mol. The lowest BCUT2D eigenvalue weighted by atomic mass is 10.2. The molecule has 1 aromatic heterocycles. The molecule has 8 nitrogen and oxygen atoms in total. The fourth-order valence-electron chi connectivity index (χ4n) is 2.53. The summed E-state index contributed by atoms with van der Waals surface area (Å²) in [5, 5.41) is 9.18. The number of hydrogen-bond donors (Lipinski definition) is 2. The van der Waals surface area contributed by atoms with Gasteiger partial charge in [0.1, 0.15) is 0 Å². The number of aromatic nitrogens is 2. The van der Waals surface area contributed by atoms with E-state index < -0.39 is 17.2 Å². The van der Waals surface area contributed by atoms with Crippen LogP contribution in [0.25, 0.3) is 16.6 Å². The van der Waals surface area contributed by atoms with Crippen LogP contribution in [0.3, 0.4) is 0 Å². The van der Waals surface area contributed by atoms with Crippen LogP contribution < -0.4 is 20.7 Å². The van der Waals surface area contributed by atoms with Gasteiger partial charge in [0.05, 0.1) is 36.4 Å². The van der Waals surface area contributed by atoms with Crippen molar-refractivity contribution in [2.24, 2.45) is 0 Å². The van der Waals surface area contributed by atoms with Gasteiger partial charge in [0.25, 0.3) is 5.56 Å². The maximum atomic E-state index is 12.8. The Labute approximate surface area is 140 Å². The third kappa shape index (κ3) is 2.74. The van der Waals surface area contributed by atoms with Gasteiger partial charge in [-0.25, -0.2) is 14.2 Å². The first kappa shape index (κ1) is 16.3. The summed E-state index contributed by atoms with van der Waals surface area (Å²) in [5.74, 6) is -0.358. The van der Waals surface area contributed by atoms with E-state index in [0.29, 0.717) is 17.0 Å². The third-order valence-corrected chi connectivity index (χ3v) is 3.77. The molecule has 0 aliphatic rings. The van der Waals surface area contributed by atoms with Crippen molar-refractivity contribution in [3.63, 3.8) is 0 Å². The topological polar surface area (TPSA) is 111 Å². The first-order valence-electron chi connectivity index (χ1n) is 7.21. The van der Waals surface area contributed by atoms with E-state index in [1.54, 1.807) is 0 Å². The number of benzene rings is 2. The summed E-state index contributed by atoms with van der Waals surface area (Å²) in [6.45, 7) is 0. The number of carboxylic acid groups (broad SMARTS) is 1. The highest BCUT2D eigenvalue weighted by molar-refractivity contribution is 5.87. The van der Waals surface area contributed by atoms with Gasteiger partial charge in [-0.1, -0.05) is 0 Å². The molecule has 3 aromatic rings. The average Bonchev–Trinajstić information content (AvgIpc) is 2.61. The molecule has 0 aliphatic carbocycles. The van der Waals surface area contributed by atoms with Gasteiger partial charge in [-0.3, -0.25) is 4.79 Å². The van der Waals surface area contributed by atoms with Crippen LogP contribution in [0.5, 0.6) is 11.5 Å². The number of nitrogens with one attached hydrogen (secondary N) is 1. The fourth-order valence-corrected chi connectivity index (χ4v) is 2.53. The van der Waals surface area contributed by atoms with Crippen LogP contribution in [0, 0.1) is 0 Å². The minimum Gasteiger partial charge on any atom is -0.493 e. The summed E-state index contributed by atoms with van der Waals surface area (Å²) in [5.41, 5.74) is -0.574. The molecule has 0 radical (unpaired) electrons. The molecule has 0 spiro atoms. The van der Waals surface area contributed by atoms with Crippen molar-refractivity contribution >= 4 is 16.9 Å². The van der Waals surface area contributed by atoms with E-state index in [1.165, 1.54) is 50.6 Å². The van der Waals surface area contributed by atoms with Crippen molar-refractivity contribution in [2.45, 2.75) is 0 Å². The van der Waals surface area contributed by atoms with Crippen molar-refractivity contribution in [2.75, 3.05) is 14.2 Å². The molecule has 0 saturated carbocycles. The molecule has 2 aromatic carbocycles. The Morgan fingerprint density at radius 3 is 2.20 bits per heavy atom. The van der Waals surface area contributed by atoms with E-state index in [0.717, 1.165) is 4.57 Å². The van der Waals surface area contributed by atoms with Gasteiger partial charge in [-0.2, -0.15) is 0 Å². The number of H-pyrrole nitrogens is 1. The molecule has 3 rings (SSSR count). The first-order chi connectivity index (χ1) is 12.0. The maximum Gasteiger partial charge on any atom is 0.335 e. The predicted molar refractivity (Wildman–Crippen MR) is 90.2 cm³/mol. The molecule has 0 atom stereocenters. The standard InChI is InChI=1S/C17H14N2O6/c1-24-13-7-11-12(8-14(13)25-2)18-17(23)19(15(11)20)10-5-3-9(4-6-10)16(21)22/h3-8H,1-2H3,(H,18,23)(H,21,22). The van der Waals surface area contributed by atoms with Gasteiger partial charge in [0, 0.05) is 6.07 Å². The largest absolute Gasteiger partial charge is 0.493 e. The second-order valence-electron chi connectivity index (χ2n) is 5.18. The van der Waals surface area contributed by atoms with Gasteiger partial charge in [-0.05, 0) is 30.3 Å². The van der Waals surface area contributed by atoms with Crippen LogP contribution in [0.2, 0.25) is 0 Å². The zero-order valence-electron chi connectivity index (χ0n) is 13.4. The van der Waals surface area contributed by atoms with Gasteiger partial charge in [0.2, 0.25) is 0 Å². The quantitative estimate of drug-likeness (QED) is 0.741. The zero-order valence-corrected chi connectivity index (χ0v) is 13.4. The summed E-state index contributed by atoms with van der Waals surface area (Å²) < 4.78 is 11.3. The fraction of sp³-hybridized carbons (Fsp3) is 0.118. The molecule has 1 heterocycles. The number of carbonyl (C=O) groups is 1. The molecule has 0 fully saturated rings. The molecule has 0 aliphatic heterocycles. The van der Waals surface area contributed by atoms with E-state index in [-0.39, 0.29) is 16.6 Å². The van der Waals surface area contributed by atoms with Crippen molar-refractivity contribution < 1.29 is 19.4 Å². The smallest absolute Gasteiger partial charge is 0.335 e. The minimum absolute atomic E-state index is 0.0559. The number of ether oxygens (including phenoxy) is 2. The van der Waals surface area contributed by atoms with Crippen molar-refractivity contribution in [3.05, 3.63) is 62.8 Å². The zero-order chi connectivity index (χ0) is 18.1. The lowest BCUT2D eigenvalue weighted by Gasteiger charge is -2.11. The van der Waals surface area contributed by atoms with Crippen LogP contribution in [0.1, 0.15) is 10.4 Å².